The summed E-state index contributed by atoms with van der Waals surface area (Å²) in [4.78, 5) is 23.2. The van der Waals surface area contributed by atoms with Crippen LogP contribution < -0.4 is 21.1 Å². The molecule has 0 bridgehead atoms. The molecule has 2 amide bonds. The number of ether oxygens (including phenoxy) is 1. The van der Waals surface area contributed by atoms with E-state index in [0.29, 0.717) is 23.5 Å². The van der Waals surface area contributed by atoms with Gasteiger partial charge in [-0.25, -0.2) is 0 Å². The Bertz CT molecular complexity index is 460. The van der Waals surface area contributed by atoms with Crippen LogP contribution in [0.15, 0.2) is 18.2 Å². The number of carbonyl (C=O) groups excluding carboxylic acids is 2. The van der Waals surface area contributed by atoms with Crippen LogP contribution in [-0.4, -0.2) is 32.0 Å². The summed E-state index contributed by atoms with van der Waals surface area (Å²) >= 11 is 0. The van der Waals surface area contributed by atoms with E-state index >= 15 is 0 Å². The second kappa shape index (κ2) is 7.25. The lowest BCUT2D eigenvalue weighted by Crippen LogP contribution is -2.37. The number of carbonyl (C=O) groups is 2. The summed E-state index contributed by atoms with van der Waals surface area (Å²) in [6, 6.07) is 4.77. The number of methoxy groups -OCH3 is 1. The fourth-order valence-electron chi connectivity index (χ4n) is 1.46. The summed E-state index contributed by atoms with van der Waals surface area (Å²) in [7, 11) is 1.52. The zero-order valence-electron chi connectivity index (χ0n) is 11.2. The van der Waals surface area contributed by atoms with Gasteiger partial charge in [-0.1, -0.05) is 6.92 Å². The van der Waals surface area contributed by atoms with Crippen molar-refractivity contribution < 1.29 is 14.3 Å². The Hall–Kier alpha value is -2.24. The lowest BCUT2D eigenvalue weighted by atomic mass is 10.1. The van der Waals surface area contributed by atoms with E-state index in [2.05, 4.69) is 10.6 Å². The number of nitrogen functional groups attached to an aromatic ring is 1. The van der Waals surface area contributed by atoms with Gasteiger partial charge in [0.15, 0.2) is 0 Å². The van der Waals surface area contributed by atoms with Crippen molar-refractivity contribution in [2.24, 2.45) is 0 Å². The number of benzene rings is 1. The Labute approximate surface area is 112 Å². The lowest BCUT2D eigenvalue weighted by molar-refractivity contribution is -0.120. The minimum atomic E-state index is -0.383. The number of amides is 2. The Morgan fingerprint density at radius 1 is 1.32 bits per heavy atom. The molecule has 1 aromatic rings. The summed E-state index contributed by atoms with van der Waals surface area (Å²) < 4.78 is 5.00. The van der Waals surface area contributed by atoms with Crippen LogP contribution in [0, 0.1) is 0 Å². The van der Waals surface area contributed by atoms with E-state index in [4.69, 9.17) is 10.5 Å². The second-order valence-electron chi connectivity index (χ2n) is 3.99. The molecule has 0 aliphatic rings. The summed E-state index contributed by atoms with van der Waals surface area (Å²) in [5, 5.41) is 5.18. The van der Waals surface area contributed by atoms with Gasteiger partial charge in [-0.2, -0.15) is 0 Å². The molecule has 6 nitrogen and oxygen atoms in total. The number of nitrogens with two attached hydrogens (primary N) is 1. The third-order valence-corrected chi connectivity index (χ3v) is 2.49. The highest BCUT2D eigenvalue weighted by Crippen LogP contribution is 2.19. The number of nitrogens with one attached hydrogen (secondary N) is 2. The van der Waals surface area contributed by atoms with Crippen LogP contribution in [0.3, 0.4) is 0 Å². The van der Waals surface area contributed by atoms with Crippen molar-refractivity contribution in [3.8, 4) is 5.75 Å². The topological polar surface area (TPSA) is 93.5 Å². The second-order valence-corrected chi connectivity index (χ2v) is 3.99. The molecule has 0 heterocycles. The molecule has 0 atom stereocenters. The Balaban J connectivity index is 2.56. The molecule has 0 aliphatic carbocycles. The first-order valence-electron chi connectivity index (χ1n) is 6.07. The van der Waals surface area contributed by atoms with Crippen molar-refractivity contribution in [2.75, 3.05) is 25.9 Å². The largest absolute Gasteiger partial charge is 0.497 e. The summed E-state index contributed by atoms with van der Waals surface area (Å²) in [5.41, 5.74) is 6.38. The number of hydrogen-bond acceptors (Lipinski definition) is 4. The van der Waals surface area contributed by atoms with E-state index in [1.807, 2.05) is 6.92 Å². The fraction of sp³-hybridized carbons (Fsp3) is 0.385. The predicted molar refractivity (Wildman–Crippen MR) is 73.0 cm³/mol. The highest BCUT2D eigenvalue weighted by Gasteiger charge is 2.11. The van der Waals surface area contributed by atoms with E-state index in [-0.39, 0.29) is 18.4 Å². The van der Waals surface area contributed by atoms with Crippen LogP contribution in [0.4, 0.5) is 5.69 Å². The normalized spacial score (nSPS) is 9.79. The third-order valence-electron chi connectivity index (χ3n) is 2.49. The molecule has 0 aliphatic heterocycles. The van der Waals surface area contributed by atoms with Crippen molar-refractivity contribution in [1.82, 2.24) is 10.6 Å². The van der Waals surface area contributed by atoms with Gasteiger partial charge in [-0.15, -0.1) is 0 Å². The molecule has 0 fully saturated rings. The molecule has 0 aromatic heterocycles. The van der Waals surface area contributed by atoms with Gasteiger partial charge in [0.1, 0.15) is 5.75 Å². The Morgan fingerprint density at radius 3 is 2.63 bits per heavy atom. The molecular weight excluding hydrogens is 246 g/mol. The fourth-order valence-corrected chi connectivity index (χ4v) is 1.46. The van der Waals surface area contributed by atoms with Gasteiger partial charge in [0, 0.05) is 18.3 Å². The molecule has 6 heteroatoms. The summed E-state index contributed by atoms with van der Waals surface area (Å²) in [5.74, 6) is -0.0242. The predicted octanol–water partition coefficient (Wildman–Crippen LogP) is 0.533. The van der Waals surface area contributed by atoms with Gasteiger partial charge < -0.3 is 21.1 Å². The SMILES string of the molecule is CCCNC(=O)CNC(=O)c1ccc(OC)cc1N. The van der Waals surface area contributed by atoms with Crippen molar-refractivity contribution in [3.05, 3.63) is 23.8 Å². The molecule has 1 aromatic carbocycles. The van der Waals surface area contributed by atoms with Crippen molar-refractivity contribution in [1.29, 1.82) is 0 Å². The van der Waals surface area contributed by atoms with Gasteiger partial charge in [-0.05, 0) is 18.6 Å². The minimum absolute atomic E-state index is 0.0652. The van der Waals surface area contributed by atoms with Crippen LogP contribution in [0.5, 0.6) is 5.75 Å². The average Bonchev–Trinajstić information content (AvgIpc) is 2.42. The molecule has 19 heavy (non-hydrogen) atoms. The molecule has 0 spiro atoms. The highest BCUT2D eigenvalue weighted by molar-refractivity contribution is 6.00. The van der Waals surface area contributed by atoms with Crippen LogP contribution in [0.1, 0.15) is 23.7 Å². The van der Waals surface area contributed by atoms with E-state index in [0.717, 1.165) is 6.42 Å². The molecule has 0 unspecified atom stereocenters. The highest BCUT2D eigenvalue weighted by atomic mass is 16.5. The van der Waals surface area contributed by atoms with E-state index in [1.54, 1.807) is 18.2 Å². The number of anilines is 1. The van der Waals surface area contributed by atoms with Gasteiger partial charge in [-0.3, -0.25) is 9.59 Å². The van der Waals surface area contributed by atoms with Gasteiger partial charge >= 0.3 is 0 Å². The van der Waals surface area contributed by atoms with Gasteiger partial charge in [0.05, 0.1) is 19.2 Å². The smallest absolute Gasteiger partial charge is 0.253 e. The van der Waals surface area contributed by atoms with Crippen LogP contribution >= 0.6 is 0 Å². The number of hydrogen-bond donors (Lipinski definition) is 3. The van der Waals surface area contributed by atoms with E-state index < -0.39 is 0 Å². The first-order valence-corrected chi connectivity index (χ1v) is 6.07. The first kappa shape index (κ1) is 14.8. The minimum Gasteiger partial charge on any atom is -0.497 e. The van der Waals surface area contributed by atoms with Crippen molar-refractivity contribution in [3.63, 3.8) is 0 Å². The van der Waals surface area contributed by atoms with Crippen molar-refractivity contribution in [2.45, 2.75) is 13.3 Å². The molecule has 0 radical (unpaired) electrons. The Morgan fingerprint density at radius 2 is 2.05 bits per heavy atom. The summed E-state index contributed by atoms with van der Waals surface area (Å²) in [6.07, 6.45) is 0.852. The summed E-state index contributed by atoms with van der Waals surface area (Å²) in [6.45, 7) is 2.49. The lowest BCUT2D eigenvalue weighted by Gasteiger charge is -2.09. The van der Waals surface area contributed by atoms with Gasteiger partial charge in [0.25, 0.3) is 5.91 Å². The standard InChI is InChI=1S/C13H19N3O3/c1-3-6-15-12(17)8-16-13(18)10-5-4-9(19-2)7-11(10)14/h4-5,7H,3,6,8,14H2,1-2H3,(H,15,17)(H,16,18). The van der Waals surface area contributed by atoms with Gasteiger partial charge in [0.2, 0.25) is 5.91 Å². The molecule has 1 rings (SSSR count). The zero-order valence-corrected chi connectivity index (χ0v) is 11.2. The van der Waals surface area contributed by atoms with Crippen molar-refractivity contribution >= 4 is 17.5 Å². The molecule has 0 saturated carbocycles. The zero-order chi connectivity index (χ0) is 14.3. The van der Waals surface area contributed by atoms with E-state index in [1.165, 1.54) is 7.11 Å². The molecule has 0 saturated heterocycles. The maximum Gasteiger partial charge on any atom is 0.253 e. The van der Waals surface area contributed by atoms with Crippen LogP contribution in [0.2, 0.25) is 0 Å². The molecule has 104 valence electrons. The maximum atomic E-state index is 11.8. The maximum absolute atomic E-state index is 11.8. The quantitative estimate of drug-likeness (QED) is 0.654. The Kier molecular flexibility index (Phi) is 5.66. The third kappa shape index (κ3) is 4.50. The van der Waals surface area contributed by atoms with Crippen LogP contribution in [-0.2, 0) is 4.79 Å². The first-order chi connectivity index (χ1) is 9.08. The molecule has 4 N–H and O–H groups in total. The average molecular weight is 265 g/mol. The van der Waals surface area contributed by atoms with E-state index in [9.17, 15) is 9.59 Å². The number of rotatable bonds is 6. The van der Waals surface area contributed by atoms with Crippen LogP contribution in [0.25, 0.3) is 0 Å². The molecular formula is C13H19N3O3. The monoisotopic (exact) mass is 265 g/mol.